The average molecular weight is 246 g/mol. The fourth-order valence-electron chi connectivity index (χ4n) is 2.11. The number of aliphatic hydroxyl groups is 1. The number of aliphatic hydroxyl groups excluding tert-OH is 1. The van der Waals surface area contributed by atoms with E-state index in [4.69, 9.17) is 14.2 Å². The molecule has 0 aromatic heterocycles. The zero-order valence-electron chi connectivity index (χ0n) is 10.9. The minimum atomic E-state index is -0.286. The van der Waals surface area contributed by atoms with Crippen molar-refractivity contribution in [1.82, 2.24) is 0 Å². The van der Waals surface area contributed by atoms with Gasteiger partial charge in [0, 0.05) is 20.3 Å². The van der Waals surface area contributed by atoms with Crippen LogP contribution in [0.15, 0.2) is 0 Å². The maximum absolute atomic E-state index is 9.84. The molecule has 4 heteroatoms. The Hall–Kier alpha value is -0.160. The summed E-state index contributed by atoms with van der Waals surface area (Å²) in [4.78, 5) is 0. The zero-order valence-corrected chi connectivity index (χ0v) is 10.9. The lowest BCUT2D eigenvalue weighted by Crippen LogP contribution is -2.29. The lowest BCUT2D eigenvalue weighted by atomic mass is 10.1. The first-order valence-electron chi connectivity index (χ1n) is 6.71. The van der Waals surface area contributed by atoms with Crippen LogP contribution in [0.3, 0.4) is 0 Å². The van der Waals surface area contributed by atoms with Crippen molar-refractivity contribution in [3.8, 4) is 0 Å². The molecule has 0 aromatic rings. The van der Waals surface area contributed by atoms with E-state index in [0.29, 0.717) is 19.8 Å². The van der Waals surface area contributed by atoms with Crippen molar-refractivity contribution in [2.24, 2.45) is 0 Å². The largest absolute Gasteiger partial charge is 0.390 e. The smallest absolute Gasteiger partial charge is 0.0835 e. The Kier molecular flexibility index (Phi) is 8.61. The van der Waals surface area contributed by atoms with Crippen molar-refractivity contribution >= 4 is 0 Å². The van der Waals surface area contributed by atoms with Crippen molar-refractivity contribution < 1.29 is 19.3 Å². The van der Waals surface area contributed by atoms with E-state index in [1.54, 1.807) is 7.11 Å². The van der Waals surface area contributed by atoms with E-state index in [1.807, 2.05) is 0 Å². The quantitative estimate of drug-likeness (QED) is 0.523. The number of rotatable bonds is 8. The van der Waals surface area contributed by atoms with Crippen molar-refractivity contribution in [1.29, 1.82) is 0 Å². The highest BCUT2D eigenvalue weighted by atomic mass is 16.5. The van der Waals surface area contributed by atoms with Gasteiger partial charge in [0.25, 0.3) is 0 Å². The molecule has 2 atom stereocenters. The van der Waals surface area contributed by atoms with Crippen LogP contribution in [-0.2, 0) is 14.2 Å². The van der Waals surface area contributed by atoms with Gasteiger partial charge in [-0.05, 0) is 19.3 Å². The van der Waals surface area contributed by atoms with Crippen molar-refractivity contribution in [3.05, 3.63) is 0 Å². The second kappa shape index (κ2) is 9.83. The molecule has 2 unspecified atom stereocenters. The summed E-state index contributed by atoms with van der Waals surface area (Å²) in [6.07, 6.45) is 5.99. The van der Waals surface area contributed by atoms with Crippen LogP contribution in [0.4, 0.5) is 0 Å². The molecule has 0 amide bonds. The Morgan fingerprint density at radius 1 is 1.00 bits per heavy atom. The molecule has 1 saturated carbocycles. The van der Waals surface area contributed by atoms with Crippen LogP contribution in [-0.4, -0.2) is 50.9 Å². The zero-order chi connectivity index (χ0) is 12.3. The second-order valence-corrected chi connectivity index (χ2v) is 4.57. The standard InChI is InChI=1S/C13H26O4/c1-15-8-5-9-16-10-11-17-13-7-4-2-3-6-12(13)14/h12-14H,2-11H2,1H3. The maximum Gasteiger partial charge on any atom is 0.0835 e. The van der Waals surface area contributed by atoms with Gasteiger partial charge in [0.2, 0.25) is 0 Å². The summed E-state index contributed by atoms with van der Waals surface area (Å²) < 4.78 is 16.0. The molecule has 1 fully saturated rings. The molecule has 1 aliphatic carbocycles. The van der Waals surface area contributed by atoms with Crippen LogP contribution in [0.25, 0.3) is 0 Å². The van der Waals surface area contributed by atoms with Crippen LogP contribution in [0, 0.1) is 0 Å². The molecule has 102 valence electrons. The normalized spacial score (nSPS) is 25.8. The highest BCUT2D eigenvalue weighted by molar-refractivity contribution is 4.73. The molecule has 0 aliphatic heterocycles. The summed E-state index contributed by atoms with van der Waals surface area (Å²) in [7, 11) is 1.69. The van der Waals surface area contributed by atoms with Crippen molar-refractivity contribution in [2.75, 3.05) is 33.5 Å². The van der Waals surface area contributed by atoms with Gasteiger partial charge in [-0.25, -0.2) is 0 Å². The van der Waals surface area contributed by atoms with E-state index in [0.717, 1.165) is 38.7 Å². The third-order valence-electron chi connectivity index (χ3n) is 3.11. The third kappa shape index (κ3) is 6.99. The van der Waals surface area contributed by atoms with Crippen LogP contribution in [0.2, 0.25) is 0 Å². The van der Waals surface area contributed by atoms with Gasteiger partial charge in [0.1, 0.15) is 0 Å². The maximum atomic E-state index is 9.84. The summed E-state index contributed by atoms with van der Waals surface area (Å²) in [5.74, 6) is 0. The predicted octanol–water partition coefficient (Wildman–Crippen LogP) is 1.75. The first-order valence-corrected chi connectivity index (χ1v) is 6.71. The second-order valence-electron chi connectivity index (χ2n) is 4.57. The number of ether oxygens (including phenoxy) is 3. The predicted molar refractivity (Wildman–Crippen MR) is 66.1 cm³/mol. The van der Waals surface area contributed by atoms with Gasteiger partial charge in [-0.2, -0.15) is 0 Å². The van der Waals surface area contributed by atoms with Gasteiger partial charge in [0.15, 0.2) is 0 Å². The van der Waals surface area contributed by atoms with Gasteiger partial charge in [-0.15, -0.1) is 0 Å². The fraction of sp³-hybridized carbons (Fsp3) is 1.00. The Morgan fingerprint density at radius 2 is 1.82 bits per heavy atom. The molecule has 0 aromatic carbocycles. The Morgan fingerprint density at radius 3 is 2.65 bits per heavy atom. The van der Waals surface area contributed by atoms with Gasteiger partial charge in [0.05, 0.1) is 25.4 Å². The summed E-state index contributed by atoms with van der Waals surface area (Å²) >= 11 is 0. The summed E-state index contributed by atoms with van der Waals surface area (Å²) in [6, 6.07) is 0. The molecule has 1 rings (SSSR count). The topological polar surface area (TPSA) is 47.9 Å². The Balaban J connectivity index is 1.97. The summed E-state index contributed by atoms with van der Waals surface area (Å²) in [5, 5.41) is 9.84. The molecule has 17 heavy (non-hydrogen) atoms. The summed E-state index contributed by atoms with van der Waals surface area (Å²) in [5.41, 5.74) is 0. The van der Waals surface area contributed by atoms with E-state index in [2.05, 4.69) is 0 Å². The highest BCUT2D eigenvalue weighted by Gasteiger charge is 2.21. The van der Waals surface area contributed by atoms with Gasteiger partial charge in [-0.1, -0.05) is 19.3 Å². The lowest BCUT2D eigenvalue weighted by Gasteiger charge is -2.20. The molecule has 1 N–H and O–H groups in total. The monoisotopic (exact) mass is 246 g/mol. The summed E-state index contributed by atoms with van der Waals surface area (Å²) in [6.45, 7) is 2.63. The number of hydrogen-bond acceptors (Lipinski definition) is 4. The van der Waals surface area contributed by atoms with Gasteiger partial charge < -0.3 is 19.3 Å². The first kappa shape index (κ1) is 14.9. The molecule has 0 bridgehead atoms. The van der Waals surface area contributed by atoms with Gasteiger partial charge in [-0.3, -0.25) is 0 Å². The fourth-order valence-corrected chi connectivity index (χ4v) is 2.11. The van der Waals surface area contributed by atoms with Crippen LogP contribution in [0.1, 0.15) is 38.5 Å². The van der Waals surface area contributed by atoms with Crippen LogP contribution < -0.4 is 0 Å². The molecule has 0 heterocycles. The third-order valence-corrected chi connectivity index (χ3v) is 3.11. The lowest BCUT2D eigenvalue weighted by molar-refractivity contribution is -0.0590. The molecule has 4 nitrogen and oxygen atoms in total. The number of methoxy groups -OCH3 is 1. The molecule has 1 aliphatic rings. The van der Waals surface area contributed by atoms with E-state index in [1.165, 1.54) is 6.42 Å². The van der Waals surface area contributed by atoms with Crippen molar-refractivity contribution in [2.45, 2.75) is 50.7 Å². The number of hydrogen-bond donors (Lipinski definition) is 1. The highest BCUT2D eigenvalue weighted by Crippen LogP contribution is 2.20. The van der Waals surface area contributed by atoms with E-state index in [-0.39, 0.29) is 12.2 Å². The minimum absolute atomic E-state index is 0.0140. The SMILES string of the molecule is COCCCOCCOC1CCCCCC1O. The van der Waals surface area contributed by atoms with E-state index < -0.39 is 0 Å². The molecular weight excluding hydrogens is 220 g/mol. The Bertz CT molecular complexity index is 175. The van der Waals surface area contributed by atoms with Gasteiger partial charge >= 0.3 is 0 Å². The molecule has 0 radical (unpaired) electrons. The first-order chi connectivity index (χ1) is 8.34. The molecule has 0 saturated heterocycles. The van der Waals surface area contributed by atoms with Crippen molar-refractivity contribution in [3.63, 3.8) is 0 Å². The minimum Gasteiger partial charge on any atom is -0.390 e. The molecule has 0 spiro atoms. The molecular formula is C13H26O4. The van der Waals surface area contributed by atoms with E-state index >= 15 is 0 Å². The van der Waals surface area contributed by atoms with E-state index in [9.17, 15) is 5.11 Å². The van der Waals surface area contributed by atoms with Crippen LogP contribution in [0.5, 0.6) is 0 Å². The van der Waals surface area contributed by atoms with Crippen LogP contribution >= 0.6 is 0 Å². The Labute approximate surface area is 104 Å². The average Bonchev–Trinajstić information content (AvgIpc) is 2.53.